The van der Waals surface area contributed by atoms with Gasteiger partial charge in [-0.05, 0) is 79.5 Å². The summed E-state index contributed by atoms with van der Waals surface area (Å²) in [5.74, 6) is -0.807. The van der Waals surface area contributed by atoms with Crippen LogP contribution in [0.2, 0.25) is 0 Å². The van der Waals surface area contributed by atoms with E-state index < -0.39 is 11.7 Å². The lowest BCUT2D eigenvalue weighted by Gasteiger charge is -2.42. The summed E-state index contributed by atoms with van der Waals surface area (Å²) >= 11 is 6.83. The second kappa shape index (κ2) is 8.48. The minimum atomic E-state index is -0.520. The maximum atomic E-state index is 14.9. The first-order valence-corrected chi connectivity index (χ1v) is 11.7. The molecule has 4 rings (SSSR count). The number of amides is 1. The van der Waals surface area contributed by atoms with Crippen molar-refractivity contribution in [2.45, 2.75) is 33.2 Å². The maximum Gasteiger partial charge on any atom is 0.307 e. The van der Waals surface area contributed by atoms with Crippen LogP contribution in [0.3, 0.4) is 0 Å². The molecule has 0 spiro atoms. The molecule has 5 nitrogen and oxygen atoms in total. The number of rotatable bonds is 4. The van der Waals surface area contributed by atoms with E-state index >= 15 is 0 Å². The van der Waals surface area contributed by atoms with Crippen molar-refractivity contribution in [2.75, 3.05) is 11.4 Å². The number of nitrogens with zero attached hydrogens (tertiary/aromatic N) is 2. The quantitative estimate of drug-likeness (QED) is 0.278. The number of carbonyl (C=O) groups is 1. The number of benzene rings is 2. The van der Waals surface area contributed by atoms with E-state index in [0.717, 1.165) is 37.7 Å². The van der Waals surface area contributed by atoms with Crippen LogP contribution >= 0.6 is 31.9 Å². The van der Waals surface area contributed by atoms with E-state index in [4.69, 9.17) is 4.42 Å². The highest BCUT2D eigenvalue weighted by Gasteiger charge is 2.31. The van der Waals surface area contributed by atoms with Crippen LogP contribution in [-0.4, -0.2) is 24.2 Å². The molecule has 0 atom stereocenters. The minimum Gasteiger partial charge on any atom is -0.450 e. The van der Waals surface area contributed by atoms with Crippen molar-refractivity contribution < 1.29 is 13.6 Å². The predicted octanol–water partition coefficient (Wildman–Crippen LogP) is 6.88. The van der Waals surface area contributed by atoms with Crippen molar-refractivity contribution in [3.05, 3.63) is 68.1 Å². The van der Waals surface area contributed by atoms with Gasteiger partial charge in [-0.2, -0.15) is 5.10 Å². The molecule has 166 valence electrons. The molecule has 0 saturated heterocycles. The number of halogens is 3. The Morgan fingerprint density at radius 1 is 1.25 bits per heavy atom. The second-order valence-corrected chi connectivity index (χ2v) is 10.0. The number of furan rings is 1. The third kappa shape index (κ3) is 4.13. The number of likely N-dealkylation sites (N-methyl/N-ethyl adjacent to an activating group) is 1. The first-order chi connectivity index (χ1) is 15.1. The fourth-order valence-electron chi connectivity index (χ4n) is 4.19. The molecule has 2 aromatic carbocycles. The Balaban J connectivity index is 1.57. The molecular formula is C24H22Br2FN3O2. The van der Waals surface area contributed by atoms with Gasteiger partial charge in [0.15, 0.2) is 5.76 Å². The highest BCUT2D eigenvalue weighted by Crippen LogP contribution is 2.39. The van der Waals surface area contributed by atoms with Gasteiger partial charge in [-0.3, -0.25) is 4.79 Å². The fourth-order valence-corrected chi connectivity index (χ4v) is 5.53. The van der Waals surface area contributed by atoms with E-state index in [0.29, 0.717) is 11.1 Å². The molecule has 0 aliphatic carbocycles. The first-order valence-electron chi connectivity index (χ1n) is 10.1. The van der Waals surface area contributed by atoms with Crippen LogP contribution in [0, 0.1) is 5.82 Å². The molecule has 1 aliphatic heterocycles. The lowest BCUT2D eigenvalue weighted by atomic mass is 9.88. The summed E-state index contributed by atoms with van der Waals surface area (Å²) in [4.78, 5) is 14.6. The van der Waals surface area contributed by atoms with Gasteiger partial charge >= 0.3 is 5.91 Å². The van der Waals surface area contributed by atoms with Crippen LogP contribution in [0.4, 0.5) is 10.1 Å². The Kier molecular flexibility index (Phi) is 6.02. The van der Waals surface area contributed by atoms with Gasteiger partial charge in [0.25, 0.3) is 0 Å². The van der Waals surface area contributed by atoms with Gasteiger partial charge in [-0.15, -0.1) is 0 Å². The smallest absolute Gasteiger partial charge is 0.307 e. The summed E-state index contributed by atoms with van der Waals surface area (Å²) in [6, 6.07) is 8.61. The first kappa shape index (κ1) is 22.7. The number of nitrogens with one attached hydrogen (secondary N) is 1. The zero-order chi connectivity index (χ0) is 23.2. The Bertz CT molecular complexity index is 1290. The molecule has 0 radical (unpaired) electrons. The lowest BCUT2D eigenvalue weighted by Crippen LogP contribution is -2.45. The second-order valence-electron chi connectivity index (χ2n) is 8.23. The van der Waals surface area contributed by atoms with E-state index in [9.17, 15) is 9.18 Å². The average molecular weight is 563 g/mol. The van der Waals surface area contributed by atoms with Crippen LogP contribution in [-0.2, 0) is 0 Å². The summed E-state index contributed by atoms with van der Waals surface area (Å²) in [5, 5.41) is 4.72. The van der Waals surface area contributed by atoms with Crippen molar-refractivity contribution in [1.82, 2.24) is 5.43 Å². The molecular weight excluding hydrogens is 541 g/mol. The van der Waals surface area contributed by atoms with Gasteiger partial charge in [0.05, 0.1) is 16.2 Å². The fraction of sp³-hybridized carbons (Fsp3) is 0.250. The van der Waals surface area contributed by atoms with Crippen molar-refractivity contribution in [2.24, 2.45) is 5.10 Å². The molecule has 0 fully saturated rings. The van der Waals surface area contributed by atoms with Crippen LogP contribution in [0.5, 0.6) is 0 Å². The SMILES string of the molecule is CCN1c2cc(F)c(/C=N\NC(=O)c3cc4cc(Br)cc(Br)c4o3)cc2C(C)=CC1(C)C. The summed E-state index contributed by atoms with van der Waals surface area (Å²) in [6.07, 6.45) is 3.49. The van der Waals surface area contributed by atoms with E-state index in [1.54, 1.807) is 12.1 Å². The Hall–Kier alpha value is -2.45. The van der Waals surface area contributed by atoms with E-state index in [-0.39, 0.29) is 11.3 Å². The Labute approximate surface area is 202 Å². The number of hydrogen-bond donors (Lipinski definition) is 1. The van der Waals surface area contributed by atoms with Gasteiger partial charge in [0.1, 0.15) is 11.4 Å². The number of allylic oxidation sites excluding steroid dienone is 1. The topological polar surface area (TPSA) is 57.8 Å². The third-order valence-electron chi connectivity index (χ3n) is 5.54. The van der Waals surface area contributed by atoms with Crippen LogP contribution in [0.1, 0.15) is 49.4 Å². The highest BCUT2D eigenvalue weighted by molar-refractivity contribution is 9.11. The third-order valence-corrected chi connectivity index (χ3v) is 6.59. The molecule has 0 unspecified atom stereocenters. The van der Waals surface area contributed by atoms with Crippen LogP contribution in [0.25, 0.3) is 16.5 Å². The van der Waals surface area contributed by atoms with Crippen molar-refractivity contribution in [3.8, 4) is 0 Å². The monoisotopic (exact) mass is 561 g/mol. The molecule has 0 bridgehead atoms. The van der Waals surface area contributed by atoms with E-state index in [1.165, 1.54) is 12.3 Å². The van der Waals surface area contributed by atoms with Gasteiger partial charge in [-0.1, -0.05) is 22.0 Å². The molecule has 2 heterocycles. The molecule has 8 heteroatoms. The van der Waals surface area contributed by atoms with Crippen molar-refractivity contribution in [3.63, 3.8) is 0 Å². The molecule has 1 aromatic heterocycles. The normalized spacial score (nSPS) is 15.2. The largest absolute Gasteiger partial charge is 0.450 e. The average Bonchev–Trinajstić information content (AvgIpc) is 3.13. The maximum absolute atomic E-state index is 14.9. The molecule has 1 aliphatic rings. The van der Waals surface area contributed by atoms with E-state index in [2.05, 4.69) is 74.1 Å². The Morgan fingerprint density at radius 3 is 2.72 bits per heavy atom. The van der Waals surface area contributed by atoms with Gasteiger partial charge in [0, 0.05) is 33.2 Å². The number of hydrazone groups is 1. The summed E-state index contributed by atoms with van der Waals surface area (Å²) < 4.78 is 22.1. The predicted molar refractivity (Wildman–Crippen MR) is 134 cm³/mol. The highest BCUT2D eigenvalue weighted by atomic mass is 79.9. The number of fused-ring (bicyclic) bond motifs is 2. The molecule has 1 N–H and O–H groups in total. The molecule has 1 amide bonds. The molecule has 32 heavy (non-hydrogen) atoms. The van der Waals surface area contributed by atoms with Crippen molar-refractivity contribution in [1.29, 1.82) is 0 Å². The lowest BCUT2D eigenvalue weighted by molar-refractivity contribution is 0.0929. The van der Waals surface area contributed by atoms with Crippen LogP contribution in [0.15, 0.2) is 54.9 Å². The van der Waals surface area contributed by atoms with E-state index in [1.807, 2.05) is 19.1 Å². The summed E-state index contributed by atoms with van der Waals surface area (Å²) in [5.41, 5.74) is 5.96. The number of anilines is 1. The molecule has 0 saturated carbocycles. The van der Waals surface area contributed by atoms with Gasteiger partial charge in [0.2, 0.25) is 0 Å². The van der Waals surface area contributed by atoms with Gasteiger partial charge < -0.3 is 9.32 Å². The summed E-state index contributed by atoms with van der Waals surface area (Å²) in [6.45, 7) is 9.06. The number of carbonyl (C=O) groups excluding carboxylic acids is 1. The van der Waals surface area contributed by atoms with Crippen LogP contribution < -0.4 is 10.3 Å². The standard InChI is InChI=1S/C24H22Br2FN3O2/c1-5-30-20-10-19(27)15(7-17(20)13(2)11-24(30,3)4)12-28-29-23(31)21-8-14-6-16(25)9-18(26)22(14)32-21/h6-12H,5H2,1-4H3,(H,29,31)/b28-12-. The van der Waals surface area contributed by atoms with Gasteiger partial charge in [-0.25, -0.2) is 9.82 Å². The molecule has 3 aromatic rings. The number of hydrogen-bond acceptors (Lipinski definition) is 4. The summed E-state index contributed by atoms with van der Waals surface area (Å²) in [7, 11) is 0. The zero-order valence-corrected chi connectivity index (χ0v) is 21.3. The van der Waals surface area contributed by atoms with Crippen molar-refractivity contribution >= 4 is 66.2 Å². The minimum absolute atomic E-state index is 0.112. The Morgan fingerprint density at radius 2 is 2.00 bits per heavy atom. The zero-order valence-electron chi connectivity index (χ0n) is 18.1.